The van der Waals surface area contributed by atoms with Gasteiger partial charge >= 0.3 is 0 Å². The molecule has 98 valence electrons. The number of nitrogens with one attached hydrogen (secondary N) is 1. The molecule has 5 nitrogen and oxygen atoms in total. The fourth-order valence-corrected chi connectivity index (χ4v) is 1.59. The second-order valence-electron chi connectivity index (χ2n) is 4.08. The van der Waals surface area contributed by atoms with E-state index in [0.29, 0.717) is 18.1 Å². The van der Waals surface area contributed by atoms with Crippen molar-refractivity contribution in [2.45, 2.75) is 13.8 Å². The number of carbonyl (C=O) groups is 1. The van der Waals surface area contributed by atoms with Gasteiger partial charge in [-0.2, -0.15) is 0 Å². The van der Waals surface area contributed by atoms with Crippen molar-refractivity contribution >= 4 is 23.1 Å². The van der Waals surface area contributed by atoms with Crippen molar-refractivity contribution in [3.05, 3.63) is 34.2 Å². The molecule has 1 aromatic rings. The van der Waals surface area contributed by atoms with Crippen molar-refractivity contribution in [3.63, 3.8) is 0 Å². The molecule has 0 saturated carbocycles. The number of carbonyl (C=O) groups excluding carboxylic acids is 1. The third-order valence-corrected chi connectivity index (χ3v) is 3.05. The Kier molecular flexibility index (Phi) is 5.03. The Hall–Kier alpha value is -1.69. The van der Waals surface area contributed by atoms with E-state index in [1.165, 1.54) is 6.07 Å². The molecule has 0 aliphatic heterocycles. The highest BCUT2D eigenvalue weighted by molar-refractivity contribution is 7.80. The van der Waals surface area contributed by atoms with Crippen LogP contribution < -0.4 is 11.3 Å². The number of hydrogen-bond donors (Lipinski definition) is 2. The molecular formula is C12H17N3O2S. The first-order valence-corrected chi connectivity index (χ1v) is 6.14. The molecule has 0 aliphatic rings. The molecule has 0 saturated heterocycles. The van der Waals surface area contributed by atoms with Gasteiger partial charge in [-0.05, 0) is 13.0 Å². The molecule has 3 N–H and O–H groups in total. The van der Waals surface area contributed by atoms with E-state index >= 15 is 0 Å². The van der Waals surface area contributed by atoms with Crippen LogP contribution in [0.1, 0.15) is 24.3 Å². The molecule has 18 heavy (non-hydrogen) atoms. The number of nitrogens with zero attached hydrogens (tertiary/aromatic N) is 1. The van der Waals surface area contributed by atoms with Crippen LogP contribution in [-0.2, 0) is 0 Å². The summed E-state index contributed by atoms with van der Waals surface area (Å²) in [5, 5.41) is 0. The fourth-order valence-electron chi connectivity index (χ4n) is 1.52. The van der Waals surface area contributed by atoms with Crippen LogP contribution in [0.2, 0.25) is 0 Å². The van der Waals surface area contributed by atoms with Crippen LogP contribution in [0.5, 0.6) is 0 Å². The van der Waals surface area contributed by atoms with Crippen LogP contribution in [0, 0.1) is 5.92 Å². The van der Waals surface area contributed by atoms with Gasteiger partial charge in [0.25, 0.3) is 5.91 Å². The maximum atomic E-state index is 12.2. The largest absolute Gasteiger partial charge is 0.393 e. The number of H-pyrrole nitrogens is 1. The standard InChI is InChI=1S/C12H17N3O2S/c1-3-15(7-8(2)11(13)18)12(17)9-5-4-6-10(16)14-9/h4-6,8H,3,7H2,1-2H3,(H2,13,18)(H,14,16). The van der Waals surface area contributed by atoms with Gasteiger partial charge in [-0.25, -0.2) is 0 Å². The maximum Gasteiger partial charge on any atom is 0.270 e. The first kappa shape index (κ1) is 14.4. The molecule has 0 spiro atoms. The molecule has 1 amide bonds. The number of nitrogens with two attached hydrogens (primary N) is 1. The number of pyridine rings is 1. The first-order valence-electron chi connectivity index (χ1n) is 5.73. The maximum absolute atomic E-state index is 12.2. The summed E-state index contributed by atoms with van der Waals surface area (Å²) in [6, 6.07) is 4.50. The van der Waals surface area contributed by atoms with Crippen molar-refractivity contribution in [1.82, 2.24) is 9.88 Å². The van der Waals surface area contributed by atoms with Gasteiger partial charge in [0.05, 0.1) is 4.99 Å². The van der Waals surface area contributed by atoms with Crippen LogP contribution in [0.3, 0.4) is 0 Å². The summed E-state index contributed by atoms with van der Waals surface area (Å²) < 4.78 is 0. The second kappa shape index (κ2) is 6.30. The molecule has 1 aromatic heterocycles. The van der Waals surface area contributed by atoms with Crippen LogP contribution in [-0.4, -0.2) is 33.9 Å². The quantitative estimate of drug-likeness (QED) is 0.772. The highest BCUT2D eigenvalue weighted by atomic mass is 32.1. The molecule has 1 atom stereocenters. The van der Waals surface area contributed by atoms with Crippen molar-refractivity contribution in [1.29, 1.82) is 0 Å². The molecule has 0 aliphatic carbocycles. The van der Waals surface area contributed by atoms with Crippen LogP contribution in [0.25, 0.3) is 0 Å². The van der Waals surface area contributed by atoms with Crippen LogP contribution in [0.15, 0.2) is 23.0 Å². The lowest BCUT2D eigenvalue weighted by atomic mass is 10.1. The second-order valence-corrected chi connectivity index (χ2v) is 4.55. The van der Waals surface area contributed by atoms with Gasteiger partial charge in [0, 0.05) is 25.1 Å². The van der Waals surface area contributed by atoms with E-state index in [9.17, 15) is 9.59 Å². The average molecular weight is 267 g/mol. The predicted molar refractivity (Wildman–Crippen MR) is 74.6 cm³/mol. The normalized spacial score (nSPS) is 11.9. The molecule has 1 rings (SSSR count). The molecule has 0 aromatic carbocycles. The van der Waals surface area contributed by atoms with E-state index in [1.54, 1.807) is 17.0 Å². The zero-order valence-electron chi connectivity index (χ0n) is 10.5. The molecular weight excluding hydrogens is 250 g/mol. The lowest BCUT2D eigenvalue weighted by Crippen LogP contribution is -2.38. The Labute approximate surface area is 111 Å². The van der Waals surface area contributed by atoms with Crippen LogP contribution in [0.4, 0.5) is 0 Å². The topological polar surface area (TPSA) is 79.2 Å². The lowest BCUT2D eigenvalue weighted by molar-refractivity contribution is 0.0748. The van der Waals surface area contributed by atoms with E-state index in [1.807, 2.05) is 13.8 Å². The summed E-state index contributed by atoms with van der Waals surface area (Å²) >= 11 is 4.89. The Bertz CT molecular complexity index is 498. The molecule has 0 fully saturated rings. The third-order valence-electron chi connectivity index (χ3n) is 2.65. The Balaban J connectivity index is 2.86. The van der Waals surface area contributed by atoms with Gasteiger partial charge in [0.15, 0.2) is 0 Å². The van der Waals surface area contributed by atoms with Crippen molar-refractivity contribution in [3.8, 4) is 0 Å². The summed E-state index contributed by atoms with van der Waals surface area (Å²) in [6.45, 7) is 4.71. The van der Waals surface area contributed by atoms with Crippen molar-refractivity contribution in [2.75, 3.05) is 13.1 Å². The minimum Gasteiger partial charge on any atom is -0.393 e. The van der Waals surface area contributed by atoms with E-state index < -0.39 is 0 Å². The third kappa shape index (κ3) is 3.66. The van der Waals surface area contributed by atoms with E-state index in [-0.39, 0.29) is 23.1 Å². The molecule has 1 heterocycles. The summed E-state index contributed by atoms with van der Waals surface area (Å²) in [7, 11) is 0. The van der Waals surface area contributed by atoms with Gasteiger partial charge in [0.2, 0.25) is 5.56 Å². The van der Waals surface area contributed by atoms with E-state index in [0.717, 1.165) is 0 Å². The Morgan fingerprint density at radius 3 is 2.72 bits per heavy atom. The average Bonchev–Trinajstić information content (AvgIpc) is 2.34. The monoisotopic (exact) mass is 267 g/mol. The van der Waals surface area contributed by atoms with Crippen molar-refractivity contribution in [2.24, 2.45) is 11.7 Å². The van der Waals surface area contributed by atoms with Gasteiger partial charge in [-0.3, -0.25) is 9.59 Å². The molecule has 6 heteroatoms. The molecule has 0 radical (unpaired) electrons. The SMILES string of the molecule is CCN(CC(C)C(N)=S)C(=O)c1cccc(=O)[nH]1. The van der Waals surface area contributed by atoms with Crippen molar-refractivity contribution < 1.29 is 4.79 Å². The summed E-state index contributed by atoms with van der Waals surface area (Å²) in [6.07, 6.45) is 0. The highest BCUT2D eigenvalue weighted by Gasteiger charge is 2.18. The summed E-state index contributed by atoms with van der Waals surface area (Å²) in [5.74, 6) is -0.280. The fraction of sp³-hybridized carbons (Fsp3) is 0.417. The molecule has 0 bridgehead atoms. The Morgan fingerprint density at radius 1 is 1.56 bits per heavy atom. The minimum atomic E-state index is -0.292. The van der Waals surface area contributed by atoms with Gasteiger partial charge in [-0.15, -0.1) is 0 Å². The molecule has 1 unspecified atom stereocenters. The number of aromatic amines is 1. The van der Waals surface area contributed by atoms with Gasteiger partial charge in [-0.1, -0.05) is 25.2 Å². The minimum absolute atomic E-state index is 0.0562. The van der Waals surface area contributed by atoms with E-state index in [4.69, 9.17) is 18.0 Å². The van der Waals surface area contributed by atoms with Gasteiger partial charge < -0.3 is 15.6 Å². The van der Waals surface area contributed by atoms with E-state index in [2.05, 4.69) is 4.98 Å². The first-order chi connectivity index (χ1) is 8.45. The summed E-state index contributed by atoms with van der Waals surface area (Å²) in [4.78, 5) is 27.8. The zero-order valence-corrected chi connectivity index (χ0v) is 11.3. The highest BCUT2D eigenvalue weighted by Crippen LogP contribution is 2.05. The summed E-state index contributed by atoms with van der Waals surface area (Å²) in [5.41, 5.74) is 5.52. The number of rotatable bonds is 5. The van der Waals surface area contributed by atoms with Gasteiger partial charge in [0.1, 0.15) is 5.69 Å². The lowest BCUT2D eigenvalue weighted by Gasteiger charge is -2.23. The Morgan fingerprint density at radius 2 is 2.22 bits per heavy atom. The number of amides is 1. The predicted octanol–water partition coefficient (Wildman–Crippen LogP) is 0.759. The zero-order chi connectivity index (χ0) is 13.7. The van der Waals surface area contributed by atoms with Crippen LogP contribution >= 0.6 is 12.2 Å². The number of aromatic nitrogens is 1. The number of thiocarbonyl (C=S) groups is 1. The number of hydrogen-bond acceptors (Lipinski definition) is 3. The smallest absolute Gasteiger partial charge is 0.270 e.